The van der Waals surface area contributed by atoms with Crippen molar-refractivity contribution >= 4 is 33.8 Å². The molecule has 0 aliphatic carbocycles. The van der Waals surface area contributed by atoms with Crippen LogP contribution in [0, 0.1) is 0 Å². The molecule has 0 aliphatic rings. The number of hydrogen-bond donors (Lipinski definition) is 0. The number of rotatable bonds is 1. The highest BCUT2D eigenvalue weighted by atomic mass is 127. The third kappa shape index (κ3) is 2.30. The summed E-state index contributed by atoms with van der Waals surface area (Å²) in [4.78, 5) is 0. The van der Waals surface area contributed by atoms with Crippen LogP contribution in [0.1, 0.15) is 0 Å². The van der Waals surface area contributed by atoms with Crippen molar-refractivity contribution in [1.82, 2.24) is 4.57 Å². The van der Waals surface area contributed by atoms with Crippen LogP contribution in [0.4, 0.5) is 0 Å². The van der Waals surface area contributed by atoms with Crippen molar-refractivity contribution in [2.24, 2.45) is 14.1 Å². The Balaban J connectivity index is 0.000000810. The third-order valence-electron chi connectivity index (χ3n) is 1.27. The van der Waals surface area contributed by atoms with Crippen LogP contribution >= 0.6 is 28.3 Å². The quantitative estimate of drug-likeness (QED) is 0.289. The van der Waals surface area contributed by atoms with Crippen molar-refractivity contribution in [1.29, 1.82) is 0 Å². The molecule has 0 spiro atoms. The van der Waals surface area contributed by atoms with Gasteiger partial charge in [0.25, 0.3) is 5.57 Å². The van der Waals surface area contributed by atoms with Gasteiger partial charge < -0.3 is 24.0 Å². The van der Waals surface area contributed by atoms with Gasteiger partial charge >= 0.3 is 0 Å². The summed E-state index contributed by atoms with van der Waals surface area (Å²) in [5.41, 5.74) is 1.37. The average molecular weight is 382 g/mol. The summed E-state index contributed by atoms with van der Waals surface area (Å²) in [7, 11) is 4.14. The highest BCUT2D eigenvalue weighted by Gasteiger charge is 2.07. The molecule has 0 amide bonds. The van der Waals surface area contributed by atoms with Crippen molar-refractivity contribution in [3.63, 3.8) is 0 Å². The summed E-state index contributed by atoms with van der Waals surface area (Å²) in [6, 6.07) is 0. The van der Waals surface area contributed by atoms with Crippen LogP contribution in [0.15, 0.2) is 12.4 Å². The highest BCUT2D eigenvalue weighted by Crippen LogP contribution is 2.16. The van der Waals surface area contributed by atoms with Gasteiger partial charge in [-0.1, -0.05) is 0 Å². The van der Waals surface area contributed by atoms with Gasteiger partial charge in [-0.3, -0.25) is 0 Å². The van der Waals surface area contributed by atoms with Gasteiger partial charge in [-0.05, 0) is 22.0 Å². The molecule has 1 aromatic rings. The second-order valence-corrected chi connectivity index (χ2v) is 4.19. The summed E-state index contributed by atoms with van der Waals surface area (Å²) in [6.07, 6.45) is 4.99. The van der Waals surface area contributed by atoms with E-state index in [2.05, 4.69) is 57.7 Å². The Morgan fingerprint density at radius 3 is 2.50 bits per heavy atom. The molecule has 1 aromatic heterocycles. The number of nitrogens with zero attached hydrogens (tertiary/aromatic N) is 2. The molecule has 0 fully saturated rings. The molecule has 0 aliphatic heterocycles. The van der Waals surface area contributed by atoms with Gasteiger partial charge in [-0.2, -0.15) is 0 Å². The van der Waals surface area contributed by atoms with Gasteiger partial charge in [0.1, 0.15) is 12.4 Å². The SMILES string of the molecule is Cn1cc[n+](C)c1PI.[I-]. The monoisotopic (exact) mass is 382 g/mol. The van der Waals surface area contributed by atoms with Gasteiger partial charge in [-0.25, -0.2) is 9.13 Å². The minimum atomic E-state index is 0. The van der Waals surface area contributed by atoms with E-state index in [1.54, 1.807) is 0 Å². The molecule has 1 unspecified atom stereocenters. The normalized spacial score (nSPS) is 10.3. The largest absolute Gasteiger partial charge is 1.00 e. The van der Waals surface area contributed by atoms with Crippen molar-refractivity contribution in [2.45, 2.75) is 0 Å². The molecule has 5 heteroatoms. The van der Waals surface area contributed by atoms with Crippen molar-refractivity contribution in [2.75, 3.05) is 0 Å². The van der Waals surface area contributed by atoms with Gasteiger partial charge in [0.05, 0.1) is 20.3 Å². The maximum atomic E-state index is 2.39. The van der Waals surface area contributed by atoms with Crippen LogP contribution in [0.2, 0.25) is 0 Å². The van der Waals surface area contributed by atoms with Crippen LogP contribution in [-0.4, -0.2) is 4.57 Å². The molecule has 0 aromatic carbocycles. The van der Waals surface area contributed by atoms with Crippen LogP contribution in [0.25, 0.3) is 0 Å². The lowest BCUT2D eigenvalue weighted by Crippen LogP contribution is -3.00. The fraction of sp³-hybridized carbons (Fsp3) is 0.400. The Morgan fingerprint density at radius 2 is 2.30 bits per heavy atom. The Kier molecular flexibility index (Phi) is 5.41. The lowest BCUT2D eigenvalue weighted by atomic mass is 10.9. The van der Waals surface area contributed by atoms with Crippen molar-refractivity contribution in [3.8, 4) is 0 Å². The molecule has 0 saturated carbocycles. The van der Waals surface area contributed by atoms with Crippen LogP contribution in [-0.2, 0) is 14.1 Å². The first-order valence-electron chi connectivity index (χ1n) is 2.63. The van der Waals surface area contributed by atoms with Gasteiger partial charge in [0.2, 0.25) is 0 Å². The van der Waals surface area contributed by atoms with E-state index in [0.29, 0.717) is 0 Å². The fourth-order valence-corrected chi connectivity index (χ4v) is 3.42. The number of hydrogen-bond acceptors (Lipinski definition) is 0. The van der Waals surface area contributed by atoms with Crippen LogP contribution in [0.3, 0.4) is 0 Å². The summed E-state index contributed by atoms with van der Waals surface area (Å²) in [5, 5.41) is 0. The zero-order valence-corrected chi connectivity index (χ0v) is 11.1. The molecule has 2 nitrogen and oxygen atoms in total. The van der Waals surface area contributed by atoms with Gasteiger partial charge in [0, 0.05) is 0 Å². The minimum Gasteiger partial charge on any atom is -1.00 e. The summed E-state index contributed by atoms with van der Waals surface area (Å²) in [5.74, 6) is 0. The van der Waals surface area contributed by atoms with E-state index in [0.717, 1.165) is 6.22 Å². The Hall–Kier alpha value is 1.10. The molecule has 58 valence electrons. The molecule has 0 radical (unpaired) electrons. The van der Waals surface area contributed by atoms with Crippen molar-refractivity contribution in [3.05, 3.63) is 12.4 Å². The molecule has 0 saturated heterocycles. The summed E-state index contributed by atoms with van der Waals surface area (Å²) >= 11 is 2.39. The molecular formula is C5H9I2N2P. The van der Waals surface area contributed by atoms with E-state index < -0.39 is 0 Å². The van der Waals surface area contributed by atoms with Crippen LogP contribution < -0.4 is 34.1 Å². The number of imidazole rings is 1. The fourth-order valence-electron chi connectivity index (χ4n) is 0.723. The van der Waals surface area contributed by atoms with Gasteiger partial charge in [0.15, 0.2) is 0 Å². The maximum Gasteiger partial charge on any atom is 0.283 e. The minimum absolute atomic E-state index is 0. The molecule has 1 atom stereocenters. The first-order chi connectivity index (χ1) is 4.25. The second-order valence-electron chi connectivity index (χ2n) is 1.94. The number of halogens is 2. The average Bonchev–Trinajstić information content (AvgIpc) is 2.12. The third-order valence-corrected chi connectivity index (χ3v) is 3.59. The molecular weight excluding hydrogens is 373 g/mol. The zero-order valence-electron chi connectivity index (χ0n) is 5.81. The van der Waals surface area contributed by atoms with E-state index in [1.165, 1.54) is 5.57 Å². The topological polar surface area (TPSA) is 8.81 Å². The number of aromatic nitrogens is 2. The smallest absolute Gasteiger partial charge is 0.283 e. The van der Waals surface area contributed by atoms with Crippen molar-refractivity contribution < 1.29 is 28.5 Å². The lowest BCUT2D eigenvalue weighted by molar-refractivity contribution is -0.652. The zero-order chi connectivity index (χ0) is 6.85. The predicted octanol–water partition coefficient (Wildman–Crippen LogP) is -2.49. The molecule has 10 heavy (non-hydrogen) atoms. The predicted molar refractivity (Wildman–Crippen MR) is 48.6 cm³/mol. The Morgan fingerprint density at radius 1 is 1.70 bits per heavy atom. The molecule has 1 heterocycles. The Labute approximate surface area is 92.7 Å². The van der Waals surface area contributed by atoms with E-state index in [4.69, 9.17) is 0 Å². The highest BCUT2D eigenvalue weighted by molar-refractivity contribution is 14.2. The van der Waals surface area contributed by atoms with Gasteiger partial charge in [-0.15, -0.1) is 0 Å². The van der Waals surface area contributed by atoms with E-state index in [9.17, 15) is 0 Å². The first-order valence-corrected chi connectivity index (χ1v) is 6.74. The Bertz CT molecular complexity index is 192. The van der Waals surface area contributed by atoms with Crippen LogP contribution in [0.5, 0.6) is 0 Å². The molecule has 0 bridgehead atoms. The van der Waals surface area contributed by atoms with E-state index in [1.807, 2.05) is 0 Å². The summed E-state index contributed by atoms with van der Waals surface area (Å²) < 4.78 is 4.29. The summed E-state index contributed by atoms with van der Waals surface area (Å²) in [6.45, 7) is 0. The lowest BCUT2D eigenvalue weighted by Gasteiger charge is -1.89. The first kappa shape index (κ1) is 11.1. The second kappa shape index (κ2) is 4.87. The van der Waals surface area contributed by atoms with E-state index >= 15 is 0 Å². The molecule has 1 rings (SSSR count). The molecule has 0 N–H and O–H groups in total. The van der Waals surface area contributed by atoms with E-state index in [-0.39, 0.29) is 24.0 Å². The standard InChI is InChI=1S/C5H9IN2P.HI/c1-7-3-4-8(2)5(7)9-6;/h3-4,9H,1-2H3;1H/q+1;/p-1. The maximum absolute atomic E-state index is 2.39. The number of aryl methyl sites for hydroxylation is 2.